The first-order valence-electron chi connectivity index (χ1n) is 10.1. The Balaban J connectivity index is 1.70. The highest BCUT2D eigenvalue weighted by atomic mass is 32.2. The average Bonchev–Trinajstić information content (AvgIpc) is 2.75. The largest absolute Gasteiger partial charge is 0.243 e. The van der Waals surface area contributed by atoms with Crippen molar-refractivity contribution in [2.24, 2.45) is 0 Å². The van der Waals surface area contributed by atoms with Crippen molar-refractivity contribution in [3.63, 3.8) is 0 Å². The number of nitrogens with zero attached hydrogens (tertiary/aromatic N) is 2. The predicted molar refractivity (Wildman–Crippen MR) is 111 cm³/mol. The van der Waals surface area contributed by atoms with Gasteiger partial charge in [0.05, 0.1) is 16.4 Å². The van der Waals surface area contributed by atoms with Crippen molar-refractivity contribution in [2.75, 3.05) is 13.1 Å². The van der Waals surface area contributed by atoms with E-state index in [1.54, 1.807) is 12.1 Å². The van der Waals surface area contributed by atoms with E-state index in [0.29, 0.717) is 30.8 Å². The zero-order valence-electron chi connectivity index (χ0n) is 16.5. The lowest BCUT2D eigenvalue weighted by atomic mass is 9.74. The fraction of sp³-hybridized carbons (Fsp3) is 0.435. The summed E-state index contributed by atoms with van der Waals surface area (Å²) in [4.78, 5) is 0.343. The molecule has 1 heterocycles. The molecule has 2 aromatic carbocycles. The summed E-state index contributed by atoms with van der Waals surface area (Å²) in [6, 6.07) is 19.5. The Kier molecular flexibility index (Phi) is 6.53. The van der Waals surface area contributed by atoms with Crippen molar-refractivity contribution in [1.29, 1.82) is 5.26 Å². The van der Waals surface area contributed by atoms with Gasteiger partial charge in [0.15, 0.2) is 0 Å². The van der Waals surface area contributed by atoms with Crippen LogP contribution in [-0.4, -0.2) is 25.8 Å². The van der Waals surface area contributed by atoms with Crippen molar-refractivity contribution < 1.29 is 8.42 Å². The summed E-state index contributed by atoms with van der Waals surface area (Å²) >= 11 is 0. The third-order valence-electron chi connectivity index (χ3n) is 5.75. The maximum absolute atomic E-state index is 13.0. The minimum Gasteiger partial charge on any atom is -0.207 e. The lowest BCUT2D eigenvalue weighted by Gasteiger charge is -2.37. The van der Waals surface area contributed by atoms with E-state index in [2.05, 4.69) is 13.0 Å². The number of piperidine rings is 1. The Hall–Kier alpha value is -2.16. The number of aryl methyl sites for hydroxylation is 1. The molecule has 1 saturated heterocycles. The molecule has 0 unspecified atom stereocenters. The van der Waals surface area contributed by atoms with Crippen LogP contribution in [0.5, 0.6) is 0 Å². The van der Waals surface area contributed by atoms with Crippen molar-refractivity contribution in [2.45, 2.75) is 55.8 Å². The molecular weight excluding hydrogens is 368 g/mol. The zero-order valence-corrected chi connectivity index (χ0v) is 17.3. The van der Waals surface area contributed by atoms with Gasteiger partial charge in [-0.05, 0) is 48.9 Å². The van der Waals surface area contributed by atoms with E-state index in [4.69, 9.17) is 0 Å². The highest BCUT2D eigenvalue weighted by Gasteiger charge is 2.39. The summed E-state index contributed by atoms with van der Waals surface area (Å²) in [5, 5.41) is 9.80. The third-order valence-corrected chi connectivity index (χ3v) is 7.66. The van der Waals surface area contributed by atoms with Gasteiger partial charge in [-0.15, -0.1) is 0 Å². The topological polar surface area (TPSA) is 61.2 Å². The van der Waals surface area contributed by atoms with E-state index in [1.165, 1.54) is 22.7 Å². The summed E-state index contributed by atoms with van der Waals surface area (Å²) in [7, 11) is -3.52. The van der Waals surface area contributed by atoms with Crippen molar-refractivity contribution in [3.05, 3.63) is 65.7 Å². The van der Waals surface area contributed by atoms with E-state index in [-0.39, 0.29) is 0 Å². The van der Waals surface area contributed by atoms with Crippen LogP contribution in [0.2, 0.25) is 0 Å². The molecule has 1 aliphatic heterocycles. The van der Waals surface area contributed by atoms with E-state index in [9.17, 15) is 13.7 Å². The Bertz CT molecular complexity index is 907. The van der Waals surface area contributed by atoms with Crippen LogP contribution in [0.4, 0.5) is 0 Å². The van der Waals surface area contributed by atoms with Gasteiger partial charge in [0.25, 0.3) is 0 Å². The molecule has 0 spiro atoms. The minimum absolute atomic E-state index is 0.343. The number of nitriles is 1. The monoisotopic (exact) mass is 396 g/mol. The first-order valence-corrected chi connectivity index (χ1v) is 11.5. The van der Waals surface area contributed by atoms with Crippen LogP contribution in [-0.2, 0) is 21.9 Å². The molecule has 0 atom stereocenters. The van der Waals surface area contributed by atoms with Gasteiger partial charge in [-0.2, -0.15) is 9.57 Å². The third kappa shape index (κ3) is 4.29. The normalized spacial score (nSPS) is 17.1. The van der Waals surface area contributed by atoms with Gasteiger partial charge in [-0.25, -0.2) is 8.42 Å². The van der Waals surface area contributed by atoms with E-state index < -0.39 is 15.4 Å². The number of hydrogen-bond donors (Lipinski definition) is 0. The van der Waals surface area contributed by atoms with Crippen LogP contribution >= 0.6 is 0 Å². The number of unbranched alkanes of at least 4 members (excludes halogenated alkanes) is 2. The van der Waals surface area contributed by atoms with Crippen LogP contribution in [0.3, 0.4) is 0 Å². The molecule has 0 amide bonds. The van der Waals surface area contributed by atoms with Gasteiger partial charge in [0.2, 0.25) is 10.0 Å². The highest BCUT2D eigenvalue weighted by molar-refractivity contribution is 7.89. The lowest BCUT2D eigenvalue weighted by molar-refractivity contribution is 0.277. The summed E-state index contributed by atoms with van der Waals surface area (Å²) in [5.74, 6) is 0. The minimum atomic E-state index is -3.52. The van der Waals surface area contributed by atoms with Crippen LogP contribution in [0.25, 0.3) is 0 Å². The zero-order chi connectivity index (χ0) is 20.0. The SMILES string of the molecule is CCCCCc1ccc(S(=O)(=O)N2CCC(C#N)(c3ccccc3)CC2)cc1. The predicted octanol–water partition coefficient (Wildman–Crippen LogP) is 4.67. The average molecular weight is 397 g/mol. The van der Waals surface area contributed by atoms with Crippen LogP contribution < -0.4 is 0 Å². The van der Waals surface area contributed by atoms with Crippen molar-refractivity contribution >= 4 is 10.0 Å². The standard InChI is InChI=1S/C23H28N2O2S/c1-2-3-5-8-20-11-13-22(14-12-20)28(26,27)25-17-15-23(19-24,16-18-25)21-9-6-4-7-10-21/h4,6-7,9-14H,2-3,5,8,15-18H2,1H3. The van der Waals surface area contributed by atoms with Crippen molar-refractivity contribution in [3.8, 4) is 6.07 Å². The molecule has 28 heavy (non-hydrogen) atoms. The van der Waals surface area contributed by atoms with E-state index >= 15 is 0 Å². The molecule has 1 fully saturated rings. The first-order chi connectivity index (χ1) is 13.5. The van der Waals surface area contributed by atoms with Gasteiger partial charge in [-0.1, -0.05) is 62.2 Å². The molecule has 148 valence electrons. The van der Waals surface area contributed by atoms with Crippen LogP contribution in [0, 0.1) is 11.3 Å². The van der Waals surface area contributed by atoms with E-state index in [0.717, 1.165) is 18.4 Å². The Morgan fingerprint density at radius 2 is 1.64 bits per heavy atom. The molecule has 1 aliphatic rings. The number of sulfonamides is 1. The molecule has 4 nitrogen and oxygen atoms in total. The second kappa shape index (κ2) is 8.89. The van der Waals surface area contributed by atoms with Crippen molar-refractivity contribution in [1.82, 2.24) is 4.31 Å². The van der Waals surface area contributed by atoms with E-state index in [1.807, 2.05) is 42.5 Å². The second-order valence-electron chi connectivity index (χ2n) is 7.57. The summed E-state index contributed by atoms with van der Waals surface area (Å²) < 4.78 is 27.6. The van der Waals surface area contributed by atoms with Gasteiger partial charge in [0, 0.05) is 13.1 Å². The Labute approximate surface area is 168 Å². The molecule has 0 aromatic heterocycles. The summed E-state index contributed by atoms with van der Waals surface area (Å²) in [5.41, 5.74) is 1.56. The molecule has 0 aliphatic carbocycles. The maximum atomic E-state index is 13.0. The molecule has 0 saturated carbocycles. The number of hydrogen-bond acceptors (Lipinski definition) is 3. The molecule has 0 bridgehead atoms. The second-order valence-corrected chi connectivity index (χ2v) is 9.50. The van der Waals surface area contributed by atoms with Gasteiger partial charge in [-0.3, -0.25) is 0 Å². The molecule has 0 radical (unpaired) electrons. The van der Waals surface area contributed by atoms with Crippen LogP contribution in [0.15, 0.2) is 59.5 Å². The molecular formula is C23H28N2O2S. The molecule has 2 aromatic rings. The van der Waals surface area contributed by atoms with Gasteiger partial charge < -0.3 is 0 Å². The molecule has 5 heteroatoms. The Morgan fingerprint density at radius 1 is 1.00 bits per heavy atom. The quantitative estimate of drug-likeness (QED) is 0.639. The fourth-order valence-corrected chi connectivity index (χ4v) is 5.33. The smallest absolute Gasteiger partial charge is 0.207 e. The lowest BCUT2D eigenvalue weighted by Crippen LogP contribution is -2.44. The molecule has 0 N–H and O–H groups in total. The van der Waals surface area contributed by atoms with Gasteiger partial charge in [0.1, 0.15) is 0 Å². The maximum Gasteiger partial charge on any atom is 0.243 e. The highest BCUT2D eigenvalue weighted by Crippen LogP contribution is 2.36. The first kappa shape index (κ1) is 20.6. The Morgan fingerprint density at radius 3 is 2.21 bits per heavy atom. The summed E-state index contributed by atoms with van der Waals surface area (Å²) in [6.45, 7) is 2.90. The number of benzene rings is 2. The summed E-state index contributed by atoms with van der Waals surface area (Å²) in [6.07, 6.45) is 5.51. The fourth-order valence-electron chi connectivity index (χ4n) is 3.89. The van der Waals surface area contributed by atoms with Crippen LogP contribution in [0.1, 0.15) is 50.2 Å². The van der Waals surface area contributed by atoms with Gasteiger partial charge >= 0.3 is 0 Å². The molecule has 3 rings (SSSR count). The number of rotatable bonds is 7.